The Bertz CT molecular complexity index is 267. The topological polar surface area (TPSA) is 70.2 Å². The fourth-order valence-electron chi connectivity index (χ4n) is 1.86. The van der Waals surface area contributed by atoms with Gasteiger partial charge in [-0.1, -0.05) is 0 Å². The SMILES string of the molecule is CNC(=O)C(CCSC)NC(=O)C1CCCN1. The molecule has 0 aliphatic carbocycles. The van der Waals surface area contributed by atoms with Crippen LogP contribution in [0.15, 0.2) is 0 Å². The Morgan fingerprint density at radius 1 is 1.53 bits per heavy atom. The molecule has 1 rings (SSSR count). The first kappa shape index (κ1) is 14.3. The fourth-order valence-corrected chi connectivity index (χ4v) is 2.33. The van der Waals surface area contributed by atoms with E-state index in [4.69, 9.17) is 0 Å². The Balaban J connectivity index is 2.46. The maximum Gasteiger partial charge on any atom is 0.242 e. The van der Waals surface area contributed by atoms with Gasteiger partial charge in [0.25, 0.3) is 0 Å². The summed E-state index contributed by atoms with van der Waals surface area (Å²) in [6.45, 7) is 0.882. The quantitative estimate of drug-likeness (QED) is 0.614. The highest BCUT2D eigenvalue weighted by Gasteiger charge is 2.26. The highest BCUT2D eigenvalue weighted by atomic mass is 32.2. The van der Waals surface area contributed by atoms with Crippen LogP contribution in [-0.2, 0) is 9.59 Å². The van der Waals surface area contributed by atoms with Gasteiger partial charge in [0.1, 0.15) is 6.04 Å². The molecule has 0 spiro atoms. The van der Waals surface area contributed by atoms with Crippen molar-refractivity contribution >= 4 is 23.6 Å². The Morgan fingerprint density at radius 3 is 2.82 bits per heavy atom. The van der Waals surface area contributed by atoms with Crippen molar-refractivity contribution in [2.75, 3.05) is 25.6 Å². The lowest BCUT2D eigenvalue weighted by molar-refractivity contribution is -0.129. The Labute approximate surface area is 106 Å². The zero-order valence-corrected chi connectivity index (χ0v) is 11.2. The minimum absolute atomic E-state index is 0.0581. The number of thioether (sulfide) groups is 1. The molecule has 1 fully saturated rings. The van der Waals surface area contributed by atoms with Crippen molar-refractivity contribution in [3.63, 3.8) is 0 Å². The molecule has 1 heterocycles. The summed E-state index contributed by atoms with van der Waals surface area (Å²) in [5.74, 6) is 0.679. The predicted octanol–water partition coefficient (Wildman–Crippen LogP) is -0.278. The van der Waals surface area contributed by atoms with Gasteiger partial charge in [0.15, 0.2) is 0 Å². The third-order valence-corrected chi connectivity index (χ3v) is 3.51. The molecule has 2 atom stereocenters. The van der Waals surface area contributed by atoms with E-state index in [0.717, 1.165) is 25.1 Å². The maximum absolute atomic E-state index is 11.9. The summed E-state index contributed by atoms with van der Waals surface area (Å²) < 4.78 is 0. The summed E-state index contributed by atoms with van der Waals surface area (Å²) >= 11 is 1.67. The zero-order chi connectivity index (χ0) is 12.7. The van der Waals surface area contributed by atoms with Crippen LogP contribution in [0.3, 0.4) is 0 Å². The van der Waals surface area contributed by atoms with Crippen molar-refractivity contribution in [2.24, 2.45) is 0 Å². The van der Waals surface area contributed by atoms with Crippen molar-refractivity contribution in [2.45, 2.75) is 31.3 Å². The largest absolute Gasteiger partial charge is 0.357 e. The monoisotopic (exact) mass is 259 g/mol. The minimum atomic E-state index is -0.414. The third kappa shape index (κ3) is 4.55. The van der Waals surface area contributed by atoms with Gasteiger partial charge in [0, 0.05) is 7.05 Å². The standard InChI is InChI=1S/C11H21N3O2S/c1-12-10(15)9(5-7-17-2)14-11(16)8-4-3-6-13-8/h8-9,13H,3-7H2,1-2H3,(H,12,15)(H,14,16). The van der Waals surface area contributed by atoms with Crippen LogP contribution in [-0.4, -0.2) is 49.5 Å². The van der Waals surface area contributed by atoms with Crippen LogP contribution in [0.4, 0.5) is 0 Å². The number of rotatable bonds is 6. The van der Waals surface area contributed by atoms with Gasteiger partial charge in [-0.05, 0) is 37.8 Å². The molecule has 3 N–H and O–H groups in total. The van der Waals surface area contributed by atoms with Gasteiger partial charge in [-0.3, -0.25) is 9.59 Å². The molecule has 0 aromatic heterocycles. The maximum atomic E-state index is 11.9. The molecule has 1 saturated heterocycles. The van der Waals surface area contributed by atoms with Crippen molar-refractivity contribution in [3.05, 3.63) is 0 Å². The first-order valence-corrected chi connectivity index (χ1v) is 7.32. The van der Waals surface area contributed by atoms with Crippen molar-refractivity contribution in [3.8, 4) is 0 Å². The van der Waals surface area contributed by atoms with Gasteiger partial charge in [-0.2, -0.15) is 11.8 Å². The minimum Gasteiger partial charge on any atom is -0.357 e. The average molecular weight is 259 g/mol. The molecule has 0 aromatic carbocycles. The molecule has 1 aliphatic heterocycles. The molecule has 5 nitrogen and oxygen atoms in total. The number of carbonyl (C=O) groups is 2. The Kier molecular flexibility index (Phi) is 6.36. The van der Waals surface area contributed by atoms with Gasteiger partial charge >= 0.3 is 0 Å². The van der Waals surface area contributed by atoms with Crippen LogP contribution in [0.2, 0.25) is 0 Å². The van der Waals surface area contributed by atoms with E-state index in [0.29, 0.717) is 6.42 Å². The van der Waals surface area contributed by atoms with Crippen LogP contribution in [0.1, 0.15) is 19.3 Å². The molecule has 0 saturated carbocycles. The van der Waals surface area contributed by atoms with Crippen LogP contribution in [0, 0.1) is 0 Å². The Morgan fingerprint density at radius 2 is 2.29 bits per heavy atom. The van der Waals surface area contributed by atoms with E-state index < -0.39 is 6.04 Å². The molecular formula is C11H21N3O2S. The summed E-state index contributed by atoms with van der Waals surface area (Å²) in [6, 6.07) is -0.543. The molecule has 2 amide bonds. The van der Waals surface area contributed by atoms with Gasteiger partial charge in [0.2, 0.25) is 11.8 Å². The van der Waals surface area contributed by atoms with Crippen LogP contribution >= 0.6 is 11.8 Å². The molecule has 1 aliphatic rings. The molecule has 0 bridgehead atoms. The highest BCUT2D eigenvalue weighted by molar-refractivity contribution is 7.98. The van der Waals surface area contributed by atoms with Crippen molar-refractivity contribution in [1.29, 1.82) is 0 Å². The molecular weight excluding hydrogens is 238 g/mol. The summed E-state index contributed by atoms with van der Waals surface area (Å²) in [7, 11) is 1.59. The molecule has 17 heavy (non-hydrogen) atoms. The number of amides is 2. The van der Waals surface area contributed by atoms with Crippen LogP contribution in [0.5, 0.6) is 0 Å². The summed E-state index contributed by atoms with van der Waals surface area (Å²) in [6.07, 6.45) is 4.53. The van der Waals surface area contributed by atoms with Crippen LogP contribution < -0.4 is 16.0 Å². The second kappa shape index (κ2) is 7.55. The second-order valence-corrected chi connectivity index (χ2v) is 5.09. The third-order valence-electron chi connectivity index (χ3n) is 2.87. The Hall–Kier alpha value is -0.750. The van der Waals surface area contributed by atoms with E-state index in [9.17, 15) is 9.59 Å². The molecule has 98 valence electrons. The number of carbonyl (C=O) groups excluding carboxylic acids is 2. The van der Waals surface area contributed by atoms with Gasteiger partial charge in [-0.15, -0.1) is 0 Å². The molecule has 0 aromatic rings. The normalized spacial score (nSPS) is 20.9. The van der Waals surface area contributed by atoms with E-state index in [1.54, 1.807) is 18.8 Å². The smallest absolute Gasteiger partial charge is 0.242 e. The summed E-state index contributed by atoms with van der Waals surface area (Å²) in [5, 5.41) is 8.53. The van der Waals surface area contributed by atoms with E-state index in [-0.39, 0.29) is 17.9 Å². The number of hydrogen-bond donors (Lipinski definition) is 3. The number of likely N-dealkylation sites (N-methyl/N-ethyl adjacent to an activating group) is 1. The fraction of sp³-hybridized carbons (Fsp3) is 0.818. The second-order valence-electron chi connectivity index (χ2n) is 4.11. The van der Waals surface area contributed by atoms with Gasteiger partial charge < -0.3 is 16.0 Å². The van der Waals surface area contributed by atoms with E-state index in [1.165, 1.54) is 0 Å². The predicted molar refractivity (Wildman–Crippen MR) is 70.0 cm³/mol. The van der Waals surface area contributed by atoms with Gasteiger partial charge in [-0.25, -0.2) is 0 Å². The summed E-state index contributed by atoms with van der Waals surface area (Å²) in [5.41, 5.74) is 0. The lowest BCUT2D eigenvalue weighted by Crippen LogP contribution is -2.51. The van der Waals surface area contributed by atoms with Gasteiger partial charge in [0.05, 0.1) is 6.04 Å². The number of hydrogen-bond acceptors (Lipinski definition) is 4. The molecule has 0 radical (unpaired) electrons. The number of nitrogens with one attached hydrogen (secondary N) is 3. The molecule has 2 unspecified atom stereocenters. The highest BCUT2D eigenvalue weighted by Crippen LogP contribution is 2.06. The first-order valence-electron chi connectivity index (χ1n) is 5.93. The summed E-state index contributed by atoms with van der Waals surface area (Å²) in [4.78, 5) is 23.5. The average Bonchev–Trinajstić information content (AvgIpc) is 2.87. The lowest BCUT2D eigenvalue weighted by Gasteiger charge is -2.19. The van der Waals surface area contributed by atoms with E-state index in [2.05, 4.69) is 16.0 Å². The van der Waals surface area contributed by atoms with E-state index in [1.807, 2.05) is 6.26 Å². The van der Waals surface area contributed by atoms with Crippen LogP contribution in [0.25, 0.3) is 0 Å². The zero-order valence-electron chi connectivity index (χ0n) is 10.4. The van der Waals surface area contributed by atoms with Crippen molar-refractivity contribution < 1.29 is 9.59 Å². The van der Waals surface area contributed by atoms with Crippen molar-refractivity contribution in [1.82, 2.24) is 16.0 Å². The molecule has 6 heteroatoms. The lowest BCUT2D eigenvalue weighted by atomic mass is 10.1. The van der Waals surface area contributed by atoms with E-state index >= 15 is 0 Å². The first-order chi connectivity index (χ1) is 8.19.